The third kappa shape index (κ3) is 7.89. The van der Waals surface area contributed by atoms with Crippen molar-refractivity contribution in [2.45, 2.75) is 26.0 Å². The minimum absolute atomic E-state index is 0.101. The quantitative estimate of drug-likeness (QED) is 0.221. The second-order valence-corrected chi connectivity index (χ2v) is 9.24. The molecule has 0 saturated carbocycles. The van der Waals surface area contributed by atoms with Crippen molar-refractivity contribution in [1.29, 1.82) is 0 Å². The third-order valence-corrected chi connectivity index (χ3v) is 6.38. The lowest BCUT2D eigenvalue weighted by atomic mass is 10.1. The molecule has 0 saturated heterocycles. The zero-order chi connectivity index (χ0) is 26.7. The van der Waals surface area contributed by atoms with E-state index in [0.29, 0.717) is 30.9 Å². The van der Waals surface area contributed by atoms with Gasteiger partial charge in [0.15, 0.2) is 0 Å². The Bertz CT molecular complexity index is 1320. The van der Waals surface area contributed by atoms with Gasteiger partial charge in [-0.25, -0.2) is 4.39 Å². The summed E-state index contributed by atoms with van der Waals surface area (Å²) in [7, 11) is 0. The predicted octanol–water partition coefficient (Wildman–Crippen LogP) is 3.97. The molecule has 200 valence electrons. The van der Waals surface area contributed by atoms with E-state index >= 15 is 0 Å². The topological polar surface area (TPSA) is 101 Å². The summed E-state index contributed by atoms with van der Waals surface area (Å²) in [6, 6.07) is 20.9. The number of nitrogens with two attached hydrogens (primary N) is 1. The molecule has 0 aliphatic carbocycles. The predicted molar refractivity (Wildman–Crippen MR) is 145 cm³/mol. The number of halogens is 1. The molecule has 0 aliphatic heterocycles. The molecule has 0 spiro atoms. The number of nitrogens with zero attached hydrogens (tertiary/aromatic N) is 1. The Morgan fingerprint density at radius 3 is 2.55 bits per heavy atom. The molecule has 7 nitrogen and oxygen atoms in total. The average Bonchev–Trinajstić information content (AvgIpc) is 3.33. The van der Waals surface area contributed by atoms with Gasteiger partial charge in [0.2, 0.25) is 5.91 Å². The number of rotatable bonds is 15. The first kappa shape index (κ1) is 27.3. The number of hydrogen-bond acceptors (Lipinski definition) is 5. The van der Waals surface area contributed by atoms with Gasteiger partial charge in [-0.2, -0.15) is 0 Å². The van der Waals surface area contributed by atoms with Crippen LogP contribution in [0.5, 0.6) is 5.75 Å². The molecule has 0 atom stereocenters. The van der Waals surface area contributed by atoms with Gasteiger partial charge in [-0.3, -0.25) is 9.69 Å². The van der Waals surface area contributed by atoms with E-state index in [1.807, 2.05) is 36.4 Å². The van der Waals surface area contributed by atoms with E-state index in [-0.39, 0.29) is 25.6 Å². The van der Waals surface area contributed by atoms with Crippen LogP contribution in [0, 0.1) is 5.82 Å². The van der Waals surface area contributed by atoms with Crippen molar-refractivity contribution in [2.75, 3.05) is 32.9 Å². The van der Waals surface area contributed by atoms with Gasteiger partial charge in [-0.15, -0.1) is 0 Å². The third-order valence-electron chi connectivity index (χ3n) is 6.38. The number of amides is 1. The molecule has 1 heterocycles. The van der Waals surface area contributed by atoms with Crippen LogP contribution in [0.4, 0.5) is 4.39 Å². The summed E-state index contributed by atoms with van der Waals surface area (Å²) in [5.41, 5.74) is 9.90. The molecule has 4 N–H and O–H groups in total. The number of primary amides is 1. The number of aromatic amines is 1. The smallest absolute Gasteiger partial charge is 0.243 e. The SMILES string of the molecule is NC(=O)COCc1ccc(F)c(CCOc2ccc(CN(CCO)CCc3c[nH]c4ccccc34)cc2)c1. The van der Waals surface area contributed by atoms with Crippen molar-refractivity contribution >= 4 is 16.8 Å². The lowest BCUT2D eigenvalue weighted by Gasteiger charge is -2.21. The highest BCUT2D eigenvalue weighted by atomic mass is 19.1. The number of fused-ring (bicyclic) bond motifs is 1. The summed E-state index contributed by atoms with van der Waals surface area (Å²) in [4.78, 5) is 16.4. The van der Waals surface area contributed by atoms with E-state index in [9.17, 15) is 14.3 Å². The van der Waals surface area contributed by atoms with Crippen LogP contribution in [0.3, 0.4) is 0 Å². The van der Waals surface area contributed by atoms with Crippen molar-refractivity contribution in [3.05, 3.63) is 101 Å². The maximum Gasteiger partial charge on any atom is 0.243 e. The van der Waals surface area contributed by atoms with Crippen molar-refractivity contribution < 1.29 is 23.8 Å². The van der Waals surface area contributed by atoms with E-state index in [1.54, 1.807) is 12.1 Å². The van der Waals surface area contributed by atoms with E-state index in [2.05, 4.69) is 28.2 Å². The van der Waals surface area contributed by atoms with Gasteiger partial charge in [-0.05, 0) is 52.9 Å². The fourth-order valence-corrected chi connectivity index (χ4v) is 4.44. The lowest BCUT2D eigenvalue weighted by Crippen LogP contribution is -2.28. The van der Waals surface area contributed by atoms with Crippen LogP contribution in [0.1, 0.15) is 22.3 Å². The monoisotopic (exact) mass is 519 g/mol. The summed E-state index contributed by atoms with van der Waals surface area (Å²) in [5.74, 6) is -0.139. The van der Waals surface area contributed by atoms with Gasteiger partial charge >= 0.3 is 0 Å². The van der Waals surface area contributed by atoms with Crippen LogP contribution in [0.15, 0.2) is 72.9 Å². The maximum absolute atomic E-state index is 14.2. The lowest BCUT2D eigenvalue weighted by molar-refractivity contribution is -0.122. The molecule has 1 aromatic heterocycles. The van der Waals surface area contributed by atoms with Gasteiger partial charge in [-0.1, -0.05) is 42.5 Å². The average molecular weight is 520 g/mol. The van der Waals surface area contributed by atoms with E-state index in [0.717, 1.165) is 36.2 Å². The number of aromatic nitrogens is 1. The number of carbonyl (C=O) groups excluding carboxylic acids is 1. The number of aliphatic hydroxyl groups excluding tert-OH is 1. The van der Waals surface area contributed by atoms with E-state index < -0.39 is 5.91 Å². The largest absolute Gasteiger partial charge is 0.493 e. The molecular formula is C30H34FN3O4. The van der Waals surface area contributed by atoms with Gasteiger partial charge < -0.3 is 25.3 Å². The van der Waals surface area contributed by atoms with Crippen LogP contribution in [-0.4, -0.2) is 53.8 Å². The molecule has 0 fully saturated rings. The van der Waals surface area contributed by atoms with E-state index in [1.165, 1.54) is 17.0 Å². The van der Waals surface area contributed by atoms with Crippen molar-refractivity contribution in [2.24, 2.45) is 5.73 Å². The van der Waals surface area contributed by atoms with Crippen LogP contribution < -0.4 is 10.5 Å². The fraction of sp³-hybridized carbons (Fsp3) is 0.300. The molecule has 0 unspecified atom stereocenters. The summed E-state index contributed by atoms with van der Waals surface area (Å²) < 4.78 is 25.3. The first-order valence-corrected chi connectivity index (χ1v) is 12.7. The van der Waals surface area contributed by atoms with Gasteiger partial charge in [0.05, 0.1) is 19.8 Å². The molecular weight excluding hydrogens is 485 g/mol. The fourth-order valence-electron chi connectivity index (χ4n) is 4.44. The van der Waals surface area contributed by atoms with Crippen LogP contribution in [-0.2, 0) is 35.5 Å². The summed E-state index contributed by atoms with van der Waals surface area (Å²) in [6.45, 7) is 2.59. The molecule has 1 amide bonds. The number of H-pyrrole nitrogens is 1. The van der Waals surface area contributed by atoms with E-state index in [4.69, 9.17) is 15.2 Å². The van der Waals surface area contributed by atoms with Crippen molar-refractivity contribution in [3.8, 4) is 5.75 Å². The molecule has 8 heteroatoms. The highest BCUT2D eigenvalue weighted by Crippen LogP contribution is 2.20. The zero-order valence-corrected chi connectivity index (χ0v) is 21.4. The van der Waals surface area contributed by atoms with Crippen LogP contribution >= 0.6 is 0 Å². The normalized spacial score (nSPS) is 11.3. The van der Waals surface area contributed by atoms with Crippen LogP contribution in [0.2, 0.25) is 0 Å². The number of benzene rings is 3. The Kier molecular flexibility index (Phi) is 9.86. The number of para-hydroxylation sites is 1. The van der Waals surface area contributed by atoms with Crippen LogP contribution in [0.25, 0.3) is 10.9 Å². The zero-order valence-electron chi connectivity index (χ0n) is 21.4. The highest BCUT2D eigenvalue weighted by Gasteiger charge is 2.10. The molecule has 0 bridgehead atoms. The molecule has 0 aliphatic rings. The Balaban J connectivity index is 1.26. The molecule has 3 aromatic carbocycles. The Morgan fingerprint density at radius 1 is 0.974 bits per heavy atom. The van der Waals surface area contributed by atoms with Crippen molar-refractivity contribution in [1.82, 2.24) is 9.88 Å². The number of nitrogens with one attached hydrogen (secondary N) is 1. The second kappa shape index (κ2) is 13.7. The molecule has 0 radical (unpaired) electrons. The number of hydrogen-bond donors (Lipinski definition) is 3. The Labute approximate surface area is 222 Å². The van der Waals surface area contributed by atoms with Gasteiger partial charge in [0, 0.05) is 43.2 Å². The second-order valence-electron chi connectivity index (χ2n) is 9.24. The minimum atomic E-state index is -0.543. The number of carbonyl (C=O) groups is 1. The minimum Gasteiger partial charge on any atom is -0.493 e. The Morgan fingerprint density at radius 2 is 1.76 bits per heavy atom. The van der Waals surface area contributed by atoms with Gasteiger partial charge in [0.25, 0.3) is 0 Å². The van der Waals surface area contributed by atoms with Gasteiger partial charge in [0.1, 0.15) is 18.2 Å². The molecule has 38 heavy (non-hydrogen) atoms. The summed E-state index contributed by atoms with van der Waals surface area (Å²) >= 11 is 0. The number of aliphatic hydroxyl groups is 1. The first-order valence-electron chi connectivity index (χ1n) is 12.7. The molecule has 4 rings (SSSR count). The number of ether oxygens (including phenoxy) is 2. The Hall–Kier alpha value is -3.72. The highest BCUT2D eigenvalue weighted by molar-refractivity contribution is 5.83. The molecule has 4 aromatic rings. The summed E-state index contributed by atoms with van der Waals surface area (Å²) in [6.07, 6.45) is 3.35. The summed E-state index contributed by atoms with van der Waals surface area (Å²) in [5, 5.41) is 10.8. The van der Waals surface area contributed by atoms with Crippen molar-refractivity contribution in [3.63, 3.8) is 0 Å². The maximum atomic E-state index is 14.2. The standard InChI is InChI=1S/C30H34FN3O4/c31-28-10-7-23(20-37-21-30(32)36)17-24(28)12-16-38-26-8-5-22(6-9-26)19-34(14-15-35)13-11-25-18-33-29-4-2-1-3-27(25)29/h1-10,17-18,33,35H,11-16,19-21H2,(H2,32,36). The first-order chi connectivity index (χ1) is 18.5.